The predicted octanol–water partition coefficient (Wildman–Crippen LogP) is 2.23. The minimum Gasteiger partial charge on any atom is -0.491 e. The molecule has 0 spiro atoms. The highest BCUT2D eigenvalue weighted by atomic mass is 19.1. The number of hydrogen-bond donors (Lipinski definition) is 0. The van der Waals surface area contributed by atoms with Crippen molar-refractivity contribution in [3.8, 4) is 11.4 Å². The number of pyridine rings is 1. The Balaban J connectivity index is 1.90. The summed E-state index contributed by atoms with van der Waals surface area (Å²) in [4.78, 5) is 12.1. The minimum absolute atomic E-state index is 0.219. The lowest BCUT2D eigenvalue weighted by Gasteiger charge is -2.05. The number of ether oxygens (including phenoxy) is 1. The molecule has 2 aromatic heterocycles. The Morgan fingerprint density at radius 3 is 2.82 bits per heavy atom. The van der Waals surface area contributed by atoms with Crippen LogP contribution >= 0.6 is 0 Å². The fourth-order valence-corrected chi connectivity index (χ4v) is 2.20. The van der Waals surface area contributed by atoms with Crippen molar-refractivity contribution in [2.24, 2.45) is 0 Å². The molecule has 0 fully saturated rings. The van der Waals surface area contributed by atoms with Gasteiger partial charge in [0.25, 0.3) is 5.56 Å². The van der Waals surface area contributed by atoms with E-state index in [2.05, 4.69) is 5.10 Å². The van der Waals surface area contributed by atoms with Crippen LogP contribution in [0.15, 0.2) is 59.8 Å². The lowest BCUT2D eigenvalue weighted by molar-refractivity contribution is 0.403. The van der Waals surface area contributed by atoms with Crippen LogP contribution in [0.2, 0.25) is 0 Å². The summed E-state index contributed by atoms with van der Waals surface area (Å²) in [5.74, 6) is -0.0697. The lowest BCUT2D eigenvalue weighted by atomic mass is 10.3. The normalized spacial score (nSPS) is 10.6. The van der Waals surface area contributed by atoms with Gasteiger partial charge in [-0.1, -0.05) is 12.1 Å². The zero-order valence-corrected chi connectivity index (χ0v) is 11.9. The molecule has 22 heavy (non-hydrogen) atoms. The predicted molar refractivity (Wildman–Crippen MR) is 79.9 cm³/mol. The second-order valence-corrected chi connectivity index (χ2v) is 4.75. The molecule has 0 unspecified atom stereocenters. The van der Waals surface area contributed by atoms with E-state index in [-0.39, 0.29) is 17.1 Å². The first-order chi connectivity index (χ1) is 10.7. The van der Waals surface area contributed by atoms with Gasteiger partial charge in [-0.25, -0.2) is 9.07 Å². The van der Waals surface area contributed by atoms with Gasteiger partial charge in [-0.15, -0.1) is 0 Å². The first kappa shape index (κ1) is 14.1. The SMILES string of the molecule is COc1cccn(Cc2cnn(-c3ccccc3F)c2)c1=O. The summed E-state index contributed by atoms with van der Waals surface area (Å²) in [7, 11) is 1.46. The standard InChI is InChI=1S/C16H14FN3O2/c1-22-15-7-4-8-19(16(15)21)10-12-9-18-20(11-12)14-6-3-2-5-13(14)17/h2-9,11H,10H2,1H3. The summed E-state index contributed by atoms with van der Waals surface area (Å²) in [6.07, 6.45) is 4.98. The number of benzene rings is 1. The van der Waals surface area contributed by atoms with E-state index >= 15 is 0 Å². The molecule has 5 nitrogen and oxygen atoms in total. The second-order valence-electron chi connectivity index (χ2n) is 4.75. The van der Waals surface area contributed by atoms with Crippen molar-refractivity contribution in [2.75, 3.05) is 7.11 Å². The van der Waals surface area contributed by atoms with Crippen LogP contribution in [0.4, 0.5) is 4.39 Å². The van der Waals surface area contributed by atoms with Crippen LogP contribution in [0.1, 0.15) is 5.56 Å². The molecule has 0 radical (unpaired) electrons. The van der Waals surface area contributed by atoms with Gasteiger partial charge in [-0.2, -0.15) is 5.10 Å². The first-order valence-electron chi connectivity index (χ1n) is 6.71. The highest BCUT2D eigenvalue weighted by Gasteiger charge is 2.08. The van der Waals surface area contributed by atoms with Gasteiger partial charge in [0, 0.05) is 18.0 Å². The molecule has 0 aliphatic heterocycles. The average Bonchev–Trinajstić information content (AvgIpc) is 2.98. The fourth-order valence-electron chi connectivity index (χ4n) is 2.20. The van der Waals surface area contributed by atoms with Gasteiger partial charge < -0.3 is 9.30 Å². The van der Waals surface area contributed by atoms with Crippen molar-refractivity contribution in [1.82, 2.24) is 14.3 Å². The summed E-state index contributed by atoms with van der Waals surface area (Å²) < 4.78 is 21.7. The molecule has 2 heterocycles. The van der Waals surface area contributed by atoms with Gasteiger partial charge in [-0.05, 0) is 24.3 Å². The molecule has 3 rings (SSSR count). The van der Waals surface area contributed by atoms with Gasteiger partial charge >= 0.3 is 0 Å². The number of para-hydroxylation sites is 1. The lowest BCUT2D eigenvalue weighted by Crippen LogP contribution is -2.20. The van der Waals surface area contributed by atoms with Crippen LogP contribution in [0.5, 0.6) is 5.75 Å². The van der Waals surface area contributed by atoms with E-state index in [0.29, 0.717) is 12.2 Å². The number of halogens is 1. The van der Waals surface area contributed by atoms with Gasteiger partial charge in [0.1, 0.15) is 11.5 Å². The maximum absolute atomic E-state index is 13.7. The van der Waals surface area contributed by atoms with E-state index in [4.69, 9.17) is 4.74 Å². The zero-order chi connectivity index (χ0) is 15.5. The molecule has 0 atom stereocenters. The third kappa shape index (κ3) is 2.63. The van der Waals surface area contributed by atoms with Crippen LogP contribution in [0.25, 0.3) is 5.69 Å². The molecular formula is C16H14FN3O2. The summed E-state index contributed by atoms with van der Waals surface area (Å²) in [5.41, 5.74) is 0.939. The molecule has 0 saturated carbocycles. The van der Waals surface area contributed by atoms with E-state index in [1.807, 2.05) is 0 Å². The molecule has 1 aromatic carbocycles. The molecule has 0 N–H and O–H groups in total. The monoisotopic (exact) mass is 299 g/mol. The number of hydrogen-bond acceptors (Lipinski definition) is 3. The minimum atomic E-state index is -0.351. The highest BCUT2D eigenvalue weighted by molar-refractivity contribution is 5.33. The Labute approximate surface area is 126 Å². The smallest absolute Gasteiger partial charge is 0.293 e. The summed E-state index contributed by atoms with van der Waals surface area (Å²) in [6.45, 7) is 0.338. The summed E-state index contributed by atoms with van der Waals surface area (Å²) >= 11 is 0. The second kappa shape index (κ2) is 5.85. The van der Waals surface area contributed by atoms with Crippen molar-refractivity contribution in [1.29, 1.82) is 0 Å². The summed E-state index contributed by atoms with van der Waals surface area (Å²) in [6, 6.07) is 9.74. The van der Waals surface area contributed by atoms with Crippen molar-refractivity contribution < 1.29 is 9.13 Å². The largest absolute Gasteiger partial charge is 0.491 e. The van der Waals surface area contributed by atoms with Gasteiger partial charge in [0.15, 0.2) is 5.75 Å². The first-order valence-corrected chi connectivity index (χ1v) is 6.71. The van der Waals surface area contributed by atoms with Crippen LogP contribution in [-0.4, -0.2) is 21.5 Å². The van der Waals surface area contributed by atoms with Crippen molar-refractivity contribution in [3.63, 3.8) is 0 Å². The topological polar surface area (TPSA) is 49.0 Å². The molecular weight excluding hydrogens is 285 g/mol. The number of aromatic nitrogens is 3. The highest BCUT2D eigenvalue weighted by Crippen LogP contribution is 2.13. The van der Waals surface area contributed by atoms with Crippen LogP contribution in [0.3, 0.4) is 0 Å². The molecule has 0 aliphatic carbocycles. The molecule has 6 heteroatoms. The molecule has 3 aromatic rings. The maximum Gasteiger partial charge on any atom is 0.293 e. The van der Waals surface area contributed by atoms with E-state index in [0.717, 1.165) is 5.56 Å². The Hall–Kier alpha value is -2.89. The quantitative estimate of drug-likeness (QED) is 0.742. The molecule has 112 valence electrons. The Morgan fingerprint density at radius 1 is 1.23 bits per heavy atom. The molecule has 0 amide bonds. The number of nitrogens with zero attached hydrogens (tertiary/aromatic N) is 3. The van der Waals surface area contributed by atoms with E-state index in [1.54, 1.807) is 48.9 Å². The van der Waals surface area contributed by atoms with Gasteiger partial charge in [-0.3, -0.25) is 4.79 Å². The molecule has 0 saturated heterocycles. The van der Waals surface area contributed by atoms with Gasteiger partial charge in [0.2, 0.25) is 0 Å². The van der Waals surface area contributed by atoms with Crippen LogP contribution in [0, 0.1) is 5.82 Å². The third-order valence-electron chi connectivity index (χ3n) is 3.29. The van der Waals surface area contributed by atoms with Crippen molar-refractivity contribution in [3.05, 3.63) is 76.7 Å². The average molecular weight is 299 g/mol. The maximum atomic E-state index is 13.7. The Bertz CT molecular complexity index is 854. The Kier molecular flexibility index (Phi) is 3.74. The zero-order valence-electron chi connectivity index (χ0n) is 11.9. The van der Waals surface area contributed by atoms with Crippen LogP contribution < -0.4 is 10.3 Å². The van der Waals surface area contributed by atoms with E-state index in [1.165, 1.54) is 22.4 Å². The number of methoxy groups -OCH3 is 1. The van der Waals surface area contributed by atoms with Gasteiger partial charge in [0.05, 0.1) is 19.9 Å². The summed E-state index contributed by atoms with van der Waals surface area (Å²) in [5, 5.41) is 4.15. The van der Waals surface area contributed by atoms with E-state index in [9.17, 15) is 9.18 Å². The fraction of sp³-hybridized carbons (Fsp3) is 0.125. The number of rotatable bonds is 4. The molecule has 0 bridgehead atoms. The third-order valence-corrected chi connectivity index (χ3v) is 3.29. The van der Waals surface area contributed by atoms with Crippen molar-refractivity contribution >= 4 is 0 Å². The van der Waals surface area contributed by atoms with Crippen molar-refractivity contribution in [2.45, 2.75) is 6.54 Å². The molecule has 0 aliphatic rings. The van der Waals surface area contributed by atoms with Crippen LogP contribution in [-0.2, 0) is 6.54 Å². The van der Waals surface area contributed by atoms with E-state index < -0.39 is 0 Å². The Morgan fingerprint density at radius 2 is 2.05 bits per heavy atom.